The Morgan fingerprint density at radius 1 is 1.38 bits per heavy atom. The van der Waals surface area contributed by atoms with Gasteiger partial charge in [0.2, 0.25) is 0 Å². The van der Waals surface area contributed by atoms with E-state index in [4.69, 9.17) is 0 Å². The Labute approximate surface area is 95.3 Å². The molecule has 2 N–H and O–H groups in total. The van der Waals surface area contributed by atoms with Crippen molar-refractivity contribution >= 4 is 10.9 Å². The maximum absolute atomic E-state index is 9.80. The van der Waals surface area contributed by atoms with Crippen molar-refractivity contribution in [1.29, 1.82) is 0 Å². The second-order valence-corrected chi connectivity index (χ2v) is 5.07. The second-order valence-electron chi connectivity index (χ2n) is 5.07. The lowest BCUT2D eigenvalue weighted by Gasteiger charge is -2.17. The molecule has 2 aromatic rings. The van der Waals surface area contributed by atoms with E-state index in [9.17, 15) is 5.11 Å². The summed E-state index contributed by atoms with van der Waals surface area (Å²) in [6.07, 6.45) is 5.21. The molecule has 2 heteroatoms. The Morgan fingerprint density at radius 3 is 2.81 bits per heavy atom. The first-order valence-electron chi connectivity index (χ1n) is 5.94. The maximum Gasteiger partial charge on any atom is 0.0571 e. The average molecular weight is 215 g/mol. The van der Waals surface area contributed by atoms with Gasteiger partial charge in [0, 0.05) is 22.5 Å². The summed E-state index contributed by atoms with van der Waals surface area (Å²) < 4.78 is 0. The highest BCUT2D eigenvalue weighted by atomic mass is 16.3. The Hall–Kier alpha value is -1.28. The van der Waals surface area contributed by atoms with Gasteiger partial charge in [-0.15, -0.1) is 0 Å². The van der Waals surface area contributed by atoms with E-state index < -0.39 is 0 Å². The smallest absolute Gasteiger partial charge is 0.0571 e. The molecule has 16 heavy (non-hydrogen) atoms. The third-order valence-corrected chi connectivity index (χ3v) is 4.00. The van der Waals surface area contributed by atoms with Crippen molar-refractivity contribution in [2.45, 2.75) is 32.3 Å². The highest BCUT2D eigenvalue weighted by Crippen LogP contribution is 2.51. The van der Waals surface area contributed by atoms with Crippen LogP contribution < -0.4 is 0 Å². The molecule has 2 nitrogen and oxygen atoms in total. The largest absolute Gasteiger partial charge is 0.393 e. The predicted molar refractivity (Wildman–Crippen MR) is 65.4 cm³/mol. The molecular formula is C14H17NO. The molecule has 84 valence electrons. The minimum absolute atomic E-state index is 0.158. The summed E-state index contributed by atoms with van der Waals surface area (Å²) in [6.45, 7) is 1.92. The maximum atomic E-state index is 9.80. The monoisotopic (exact) mass is 215 g/mol. The average Bonchev–Trinajstić information content (AvgIpc) is 2.96. The van der Waals surface area contributed by atoms with Crippen molar-refractivity contribution in [2.75, 3.05) is 0 Å². The van der Waals surface area contributed by atoms with Gasteiger partial charge in [-0.1, -0.05) is 18.2 Å². The minimum atomic E-state index is -0.193. The SMILES string of the molecule is CC(O)C1(Cc2c[nH]c3ccccc23)CC1. The predicted octanol–water partition coefficient (Wildman–Crippen LogP) is 2.87. The van der Waals surface area contributed by atoms with Crippen LogP contribution >= 0.6 is 0 Å². The molecule has 1 aromatic heterocycles. The van der Waals surface area contributed by atoms with Crippen LogP contribution in [0.15, 0.2) is 30.5 Å². The van der Waals surface area contributed by atoms with Crippen LogP contribution in [0.3, 0.4) is 0 Å². The number of aromatic nitrogens is 1. The van der Waals surface area contributed by atoms with Crippen LogP contribution in [-0.4, -0.2) is 16.2 Å². The van der Waals surface area contributed by atoms with E-state index in [1.54, 1.807) is 0 Å². The Balaban J connectivity index is 1.95. The molecule has 1 aliphatic carbocycles. The Kier molecular flexibility index (Phi) is 2.08. The number of para-hydroxylation sites is 1. The van der Waals surface area contributed by atoms with Gasteiger partial charge in [-0.3, -0.25) is 0 Å². The van der Waals surface area contributed by atoms with E-state index in [1.165, 1.54) is 16.5 Å². The lowest BCUT2D eigenvalue weighted by Crippen LogP contribution is -2.20. The summed E-state index contributed by atoms with van der Waals surface area (Å²) in [5.41, 5.74) is 2.69. The van der Waals surface area contributed by atoms with Crippen LogP contribution in [0.1, 0.15) is 25.3 Å². The van der Waals surface area contributed by atoms with Gasteiger partial charge in [-0.2, -0.15) is 0 Å². The minimum Gasteiger partial charge on any atom is -0.393 e. The number of hydrogen-bond acceptors (Lipinski definition) is 1. The molecule has 1 fully saturated rings. The van der Waals surface area contributed by atoms with E-state index in [2.05, 4.69) is 29.4 Å². The summed E-state index contributed by atoms with van der Waals surface area (Å²) >= 11 is 0. The highest BCUT2D eigenvalue weighted by Gasteiger charge is 2.46. The number of aromatic amines is 1. The summed E-state index contributed by atoms with van der Waals surface area (Å²) in [5, 5.41) is 11.1. The fourth-order valence-electron chi connectivity index (χ4n) is 2.56. The quantitative estimate of drug-likeness (QED) is 0.811. The molecule has 1 aliphatic rings. The summed E-state index contributed by atoms with van der Waals surface area (Å²) in [4.78, 5) is 3.30. The summed E-state index contributed by atoms with van der Waals surface area (Å²) in [5.74, 6) is 0. The molecule has 0 amide bonds. The molecule has 0 radical (unpaired) electrons. The molecular weight excluding hydrogens is 198 g/mol. The van der Waals surface area contributed by atoms with Gasteiger partial charge in [0.05, 0.1) is 6.10 Å². The summed E-state index contributed by atoms with van der Waals surface area (Å²) in [6, 6.07) is 8.37. The van der Waals surface area contributed by atoms with Crippen LogP contribution in [0, 0.1) is 5.41 Å². The van der Waals surface area contributed by atoms with Crippen molar-refractivity contribution in [3.05, 3.63) is 36.0 Å². The van der Waals surface area contributed by atoms with Gasteiger partial charge < -0.3 is 10.1 Å². The number of rotatable bonds is 3. The molecule has 1 heterocycles. The fourth-order valence-corrected chi connectivity index (χ4v) is 2.56. The lowest BCUT2D eigenvalue weighted by atomic mass is 9.91. The van der Waals surface area contributed by atoms with Gasteiger partial charge >= 0.3 is 0 Å². The zero-order valence-corrected chi connectivity index (χ0v) is 9.53. The lowest BCUT2D eigenvalue weighted by molar-refractivity contribution is 0.110. The normalized spacial score (nSPS) is 19.9. The van der Waals surface area contributed by atoms with E-state index in [0.717, 1.165) is 19.3 Å². The number of benzene rings is 1. The number of aliphatic hydroxyl groups is 1. The Bertz CT molecular complexity index is 508. The molecule has 1 unspecified atom stereocenters. The van der Waals surface area contributed by atoms with Gasteiger partial charge in [-0.25, -0.2) is 0 Å². The molecule has 3 rings (SSSR count). The number of H-pyrrole nitrogens is 1. The number of hydrogen-bond donors (Lipinski definition) is 2. The first-order valence-corrected chi connectivity index (χ1v) is 5.94. The van der Waals surface area contributed by atoms with Crippen molar-refractivity contribution in [3.8, 4) is 0 Å². The van der Waals surface area contributed by atoms with Gasteiger partial charge in [-0.05, 0) is 37.8 Å². The third kappa shape index (κ3) is 1.45. The van der Waals surface area contributed by atoms with Crippen LogP contribution in [-0.2, 0) is 6.42 Å². The van der Waals surface area contributed by atoms with E-state index >= 15 is 0 Å². The van der Waals surface area contributed by atoms with Gasteiger partial charge in [0.25, 0.3) is 0 Å². The molecule has 1 saturated carbocycles. The third-order valence-electron chi connectivity index (χ3n) is 4.00. The molecule has 0 aliphatic heterocycles. The fraction of sp³-hybridized carbons (Fsp3) is 0.429. The Morgan fingerprint density at radius 2 is 2.12 bits per heavy atom. The number of fused-ring (bicyclic) bond motifs is 1. The summed E-state index contributed by atoms with van der Waals surface area (Å²) in [7, 11) is 0. The van der Waals surface area contributed by atoms with E-state index in [-0.39, 0.29) is 11.5 Å². The van der Waals surface area contributed by atoms with Crippen molar-refractivity contribution < 1.29 is 5.11 Å². The zero-order chi connectivity index (χ0) is 11.2. The number of aliphatic hydroxyl groups excluding tert-OH is 1. The van der Waals surface area contributed by atoms with E-state index in [0.29, 0.717) is 0 Å². The first kappa shape index (κ1) is 9.91. The molecule has 0 bridgehead atoms. The molecule has 0 spiro atoms. The van der Waals surface area contributed by atoms with Crippen LogP contribution in [0.2, 0.25) is 0 Å². The van der Waals surface area contributed by atoms with Crippen LogP contribution in [0.25, 0.3) is 10.9 Å². The molecule has 0 saturated heterocycles. The zero-order valence-electron chi connectivity index (χ0n) is 9.53. The molecule has 1 aromatic carbocycles. The van der Waals surface area contributed by atoms with Crippen LogP contribution in [0.5, 0.6) is 0 Å². The first-order chi connectivity index (χ1) is 7.71. The topological polar surface area (TPSA) is 36.0 Å². The molecule has 1 atom stereocenters. The van der Waals surface area contributed by atoms with Crippen molar-refractivity contribution in [3.63, 3.8) is 0 Å². The number of nitrogens with one attached hydrogen (secondary N) is 1. The van der Waals surface area contributed by atoms with Gasteiger partial charge in [0.15, 0.2) is 0 Å². The van der Waals surface area contributed by atoms with Crippen LogP contribution in [0.4, 0.5) is 0 Å². The standard InChI is InChI=1S/C14H17NO/c1-10(16)14(6-7-14)8-11-9-15-13-5-3-2-4-12(11)13/h2-5,9-10,15-16H,6-8H2,1H3. The highest BCUT2D eigenvalue weighted by molar-refractivity contribution is 5.83. The van der Waals surface area contributed by atoms with E-state index in [1.807, 2.05) is 13.0 Å². The van der Waals surface area contributed by atoms with Crippen molar-refractivity contribution in [1.82, 2.24) is 4.98 Å². The second kappa shape index (κ2) is 3.36. The van der Waals surface area contributed by atoms with Gasteiger partial charge in [0.1, 0.15) is 0 Å². The van der Waals surface area contributed by atoms with Crippen molar-refractivity contribution in [2.24, 2.45) is 5.41 Å².